The van der Waals surface area contributed by atoms with Crippen LogP contribution in [0.25, 0.3) is 0 Å². The standard InChI is InChI=1S/C17H38O7Si4/c1-15(14-16(18)19)17(20)21-12-11-13-28(22-25(2,3)4,23-26(5,6)7)24-27(8,9)10/h1,11-14H2,2-10H3,(H,18,19). The molecule has 0 bridgehead atoms. The topological polar surface area (TPSA) is 91.3 Å². The van der Waals surface area contributed by atoms with Gasteiger partial charge in [0.05, 0.1) is 13.0 Å². The van der Waals surface area contributed by atoms with E-state index in [1.807, 2.05) is 0 Å². The molecule has 0 rings (SSSR count). The third kappa shape index (κ3) is 13.6. The summed E-state index contributed by atoms with van der Waals surface area (Å²) in [7, 11) is -8.77. The van der Waals surface area contributed by atoms with Crippen LogP contribution in [0.2, 0.25) is 65.0 Å². The maximum Gasteiger partial charge on any atom is 0.469 e. The Morgan fingerprint density at radius 1 is 0.821 bits per heavy atom. The molecule has 11 heteroatoms. The van der Waals surface area contributed by atoms with Gasteiger partial charge in [-0.2, -0.15) is 0 Å². The Kier molecular flexibility index (Phi) is 10.2. The average Bonchev–Trinajstić information content (AvgIpc) is 2.36. The second-order valence-electron chi connectivity index (χ2n) is 9.74. The molecular formula is C17H38O7Si4. The Balaban J connectivity index is 5.21. The maximum absolute atomic E-state index is 11.8. The number of esters is 1. The Morgan fingerprint density at radius 2 is 1.21 bits per heavy atom. The molecule has 0 aromatic carbocycles. The summed E-state index contributed by atoms with van der Waals surface area (Å²) in [5, 5.41) is 8.73. The van der Waals surface area contributed by atoms with Gasteiger partial charge in [-0.25, -0.2) is 4.79 Å². The zero-order valence-electron chi connectivity index (χ0n) is 18.9. The van der Waals surface area contributed by atoms with E-state index in [9.17, 15) is 9.59 Å². The van der Waals surface area contributed by atoms with E-state index in [0.29, 0.717) is 12.5 Å². The monoisotopic (exact) mass is 466 g/mol. The zero-order valence-corrected chi connectivity index (χ0v) is 22.9. The van der Waals surface area contributed by atoms with Crippen molar-refractivity contribution < 1.29 is 31.8 Å². The van der Waals surface area contributed by atoms with Gasteiger partial charge in [-0.1, -0.05) is 6.58 Å². The van der Waals surface area contributed by atoms with Crippen molar-refractivity contribution in [1.29, 1.82) is 0 Å². The molecule has 164 valence electrons. The summed E-state index contributed by atoms with van der Waals surface area (Å²) in [5.41, 5.74) is -0.0638. The van der Waals surface area contributed by atoms with Gasteiger partial charge in [0.15, 0.2) is 25.0 Å². The van der Waals surface area contributed by atoms with Gasteiger partial charge in [0.2, 0.25) is 0 Å². The van der Waals surface area contributed by atoms with E-state index in [1.165, 1.54) is 0 Å². The molecule has 0 spiro atoms. The number of carbonyl (C=O) groups excluding carboxylic acids is 1. The van der Waals surface area contributed by atoms with E-state index in [1.54, 1.807) is 0 Å². The summed E-state index contributed by atoms with van der Waals surface area (Å²) in [4.78, 5) is 22.5. The molecule has 0 aliphatic rings. The van der Waals surface area contributed by atoms with Gasteiger partial charge in [0, 0.05) is 11.6 Å². The van der Waals surface area contributed by atoms with Crippen molar-refractivity contribution in [3.63, 3.8) is 0 Å². The molecule has 0 amide bonds. The van der Waals surface area contributed by atoms with E-state index in [4.69, 9.17) is 22.2 Å². The average molecular weight is 467 g/mol. The van der Waals surface area contributed by atoms with Crippen molar-refractivity contribution in [2.45, 2.75) is 77.8 Å². The third-order valence-corrected chi connectivity index (χ3v) is 14.9. The van der Waals surface area contributed by atoms with Gasteiger partial charge in [-0.05, 0) is 65.3 Å². The molecule has 0 atom stereocenters. The van der Waals surface area contributed by atoms with Crippen LogP contribution in [0.1, 0.15) is 12.8 Å². The van der Waals surface area contributed by atoms with E-state index in [2.05, 4.69) is 65.5 Å². The number of carboxylic acid groups (broad SMARTS) is 1. The van der Waals surface area contributed by atoms with Crippen LogP contribution in [0.3, 0.4) is 0 Å². The van der Waals surface area contributed by atoms with Crippen LogP contribution >= 0.6 is 0 Å². The van der Waals surface area contributed by atoms with Gasteiger partial charge in [0.1, 0.15) is 0 Å². The van der Waals surface area contributed by atoms with Gasteiger partial charge in [-0.3, -0.25) is 4.79 Å². The first-order chi connectivity index (χ1) is 12.3. The van der Waals surface area contributed by atoms with Crippen LogP contribution in [-0.2, 0) is 26.7 Å². The number of carbonyl (C=O) groups is 2. The van der Waals surface area contributed by atoms with Crippen LogP contribution in [0, 0.1) is 0 Å². The fourth-order valence-corrected chi connectivity index (χ4v) is 17.0. The summed E-state index contributed by atoms with van der Waals surface area (Å²) < 4.78 is 24.8. The zero-order chi connectivity index (χ0) is 22.4. The minimum atomic E-state index is -2.95. The Hall–Kier alpha value is -0.572. The lowest BCUT2D eigenvalue weighted by atomic mass is 10.2. The third-order valence-electron chi connectivity index (χ3n) is 2.90. The molecule has 0 saturated carbocycles. The lowest BCUT2D eigenvalue weighted by Gasteiger charge is -2.42. The minimum absolute atomic E-state index is 0.0638. The molecule has 7 nitrogen and oxygen atoms in total. The second-order valence-corrected chi connectivity index (χ2v) is 26.7. The molecule has 0 heterocycles. The number of ether oxygens (including phenoxy) is 1. The van der Waals surface area contributed by atoms with Crippen molar-refractivity contribution in [2.24, 2.45) is 0 Å². The van der Waals surface area contributed by atoms with Crippen molar-refractivity contribution in [1.82, 2.24) is 0 Å². The predicted octanol–water partition coefficient (Wildman–Crippen LogP) is 4.44. The molecule has 0 aromatic heterocycles. The molecule has 0 fully saturated rings. The van der Waals surface area contributed by atoms with Crippen molar-refractivity contribution in [2.75, 3.05) is 6.61 Å². The van der Waals surface area contributed by atoms with E-state index in [0.717, 1.165) is 0 Å². The number of aliphatic carboxylic acids is 1. The molecule has 0 saturated heterocycles. The second kappa shape index (κ2) is 10.5. The van der Waals surface area contributed by atoms with E-state index >= 15 is 0 Å². The SMILES string of the molecule is C=C(CC(=O)O)C(=O)OCCC[Si](O[Si](C)(C)C)(O[Si](C)(C)C)O[Si](C)(C)C. The highest BCUT2D eigenvalue weighted by atomic mass is 28.5. The van der Waals surface area contributed by atoms with Crippen LogP contribution < -0.4 is 0 Å². The summed E-state index contributed by atoms with van der Waals surface area (Å²) in [5.74, 6) is -1.79. The molecule has 1 N–H and O–H groups in total. The molecular weight excluding hydrogens is 429 g/mol. The van der Waals surface area contributed by atoms with Crippen molar-refractivity contribution in [3.8, 4) is 0 Å². The Morgan fingerprint density at radius 3 is 1.54 bits per heavy atom. The first-order valence-corrected chi connectivity index (χ1v) is 21.7. The molecule has 0 aromatic rings. The summed E-state index contributed by atoms with van der Waals surface area (Å²) in [6.45, 7) is 22.7. The minimum Gasteiger partial charge on any atom is -0.481 e. The summed E-state index contributed by atoms with van der Waals surface area (Å²) in [6.07, 6.45) is 0.103. The van der Waals surface area contributed by atoms with Crippen molar-refractivity contribution >= 4 is 45.7 Å². The summed E-state index contributed by atoms with van der Waals surface area (Å²) in [6, 6.07) is 0.560. The number of carboxylic acids is 1. The molecule has 0 aliphatic heterocycles. The van der Waals surface area contributed by atoms with E-state index in [-0.39, 0.29) is 12.2 Å². The molecule has 0 aliphatic carbocycles. The van der Waals surface area contributed by atoms with Crippen LogP contribution in [-0.4, -0.2) is 57.4 Å². The number of rotatable bonds is 13. The molecule has 28 heavy (non-hydrogen) atoms. The lowest BCUT2D eigenvalue weighted by Crippen LogP contribution is -2.60. The van der Waals surface area contributed by atoms with Gasteiger partial charge >= 0.3 is 20.7 Å². The molecule has 0 unspecified atom stereocenters. The highest BCUT2D eigenvalue weighted by molar-refractivity contribution is 6.90. The predicted molar refractivity (Wildman–Crippen MR) is 121 cm³/mol. The quantitative estimate of drug-likeness (QED) is 0.186. The number of hydrogen-bond acceptors (Lipinski definition) is 6. The Bertz CT molecular complexity index is 519. The smallest absolute Gasteiger partial charge is 0.469 e. The first-order valence-electron chi connectivity index (χ1n) is 9.51. The van der Waals surface area contributed by atoms with Crippen LogP contribution in [0.5, 0.6) is 0 Å². The van der Waals surface area contributed by atoms with Crippen LogP contribution in [0.15, 0.2) is 12.2 Å². The summed E-state index contributed by atoms with van der Waals surface area (Å²) >= 11 is 0. The fraction of sp³-hybridized carbons (Fsp3) is 0.765. The normalized spacial score (nSPS) is 13.3. The highest BCUT2D eigenvalue weighted by Gasteiger charge is 2.49. The van der Waals surface area contributed by atoms with Crippen LogP contribution in [0.4, 0.5) is 0 Å². The fourth-order valence-electron chi connectivity index (χ4n) is 2.43. The van der Waals surface area contributed by atoms with Gasteiger partial charge in [0.25, 0.3) is 0 Å². The molecule has 0 radical (unpaired) electrons. The lowest BCUT2D eigenvalue weighted by molar-refractivity contribution is -0.142. The first kappa shape index (κ1) is 27.4. The number of hydrogen-bond donors (Lipinski definition) is 1. The Labute approximate surface area is 174 Å². The van der Waals surface area contributed by atoms with Gasteiger partial charge in [-0.15, -0.1) is 0 Å². The van der Waals surface area contributed by atoms with E-state index < -0.39 is 52.1 Å². The van der Waals surface area contributed by atoms with Gasteiger partial charge < -0.3 is 22.2 Å². The highest BCUT2D eigenvalue weighted by Crippen LogP contribution is 2.29. The largest absolute Gasteiger partial charge is 0.481 e. The van der Waals surface area contributed by atoms with Crippen molar-refractivity contribution in [3.05, 3.63) is 12.2 Å². The maximum atomic E-state index is 11.8.